The molecule has 1 amide bonds. The second-order valence-corrected chi connectivity index (χ2v) is 20.8. The van der Waals surface area contributed by atoms with Crippen LogP contribution < -0.4 is 14.5 Å². The number of nitrogens with zero attached hydrogens (tertiary/aromatic N) is 3. The molecular weight excluding hydrogens is 813 g/mol. The Bertz CT molecular complexity index is 2590. The molecule has 6 aliphatic heterocycles. The number of benzene rings is 3. The van der Waals surface area contributed by atoms with Crippen molar-refractivity contribution < 1.29 is 36.9 Å². The third-order valence-corrected chi connectivity index (χ3v) is 13.9. The third kappa shape index (κ3) is 5.98. The molecule has 0 radical (unpaired) electrons. The van der Waals surface area contributed by atoms with Gasteiger partial charge in [-0.1, -0.05) is 42.3 Å². The highest BCUT2D eigenvalue weighted by molar-refractivity contribution is 7.86. The van der Waals surface area contributed by atoms with E-state index in [1.54, 1.807) is 32.9 Å². The van der Waals surface area contributed by atoms with Crippen LogP contribution in [-0.4, -0.2) is 72.0 Å². The van der Waals surface area contributed by atoms with Crippen molar-refractivity contribution in [3.8, 4) is 11.5 Å². The van der Waals surface area contributed by atoms with Gasteiger partial charge in [0, 0.05) is 57.1 Å². The van der Waals surface area contributed by atoms with Crippen molar-refractivity contribution >= 4 is 67.7 Å². The first-order valence-electron chi connectivity index (χ1n) is 20.3. The van der Waals surface area contributed by atoms with Crippen molar-refractivity contribution in [1.29, 1.82) is 0 Å². The Morgan fingerprint density at radius 3 is 1.93 bits per heavy atom. The maximum Gasteiger partial charge on any atom is 0.335 e. The Morgan fingerprint density at radius 2 is 1.41 bits per heavy atom. The highest BCUT2D eigenvalue weighted by Gasteiger charge is 2.62. The number of hydrogen-bond donors (Lipinski definition) is 1. The van der Waals surface area contributed by atoms with Gasteiger partial charge in [-0.15, -0.1) is 0 Å². The Balaban J connectivity index is 1.44. The van der Waals surface area contributed by atoms with E-state index in [0.29, 0.717) is 58.7 Å². The fourth-order valence-corrected chi connectivity index (χ4v) is 11.8. The number of carbonyl (C=O) groups is 2. The lowest BCUT2D eigenvalue weighted by molar-refractivity contribution is -0.191. The zero-order valence-corrected chi connectivity index (χ0v) is 37.0. The van der Waals surface area contributed by atoms with Crippen LogP contribution in [0.2, 0.25) is 10.0 Å². The second-order valence-electron chi connectivity index (χ2n) is 18.5. The van der Waals surface area contributed by atoms with Crippen LogP contribution in [0, 0.1) is 0 Å². The molecule has 0 aliphatic carbocycles. The minimum absolute atomic E-state index is 0.116. The van der Waals surface area contributed by atoms with Gasteiger partial charge < -0.3 is 19.3 Å². The predicted molar refractivity (Wildman–Crippen MR) is 229 cm³/mol. The van der Waals surface area contributed by atoms with Crippen molar-refractivity contribution in [3.05, 3.63) is 91.0 Å². The van der Waals surface area contributed by atoms with Crippen LogP contribution in [0.3, 0.4) is 0 Å². The zero-order valence-electron chi connectivity index (χ0n) is 34.6. The number of hydroxylamine groups is 2. The predicted octanol–water partition coefficient (Wildman–Crippen LogP) is 9.27. The van der Waals surface area contributed by atoms with Crippen LogP contribution in [-0.2, 0) is 42.9 Å². The number of fused-ring (bicyclic) bond motifs is 8. The van der Waals surface area contributed by atoms with E-state index >= 15 is 4.79 Å². The standard InChI is InChI=1S/C45H49Cl2N3O8S/c1-9-24-20-43(5,6)48-16-10-12-26-37(48)28(24)18-30-39(26)57-40-27-13-11-17-49-38(27)29(25(21-44(49,7)8)23-59(53,54)55)19-31(40)45(30)36-33(47)15-14-32(46)35(36)41(52)50(45)56-22-34(51)58-42(2,3)4/h14-15,18-21H,9-13,16-17,22-23H2,1-8H3,(H,53,54,55). The summed E-state index contributed by atoms with van der Waals surface area (Å²) in [6, 6.07) is 7.18. The number of esters is 1. The van der Waals surface area contributed by atoms with Crippen LogP contribution in [0.1, 0.15) is 124 Å². The van der Waals surface area contributed by atoms with E-state index in [2.05, 4.69) is 42.7 Å². The van der Waals surface area contributed by atoms with Crippen molar-refractivity contribution in [1.82, 2.24) is 5.06 Å². The van der Waals surface area contributed by atoms with Gasteiger partial charge in [0.25, 0.3) is 16.0 Å². The van der Waals surface area contributed by atoms with Crippen LogP contribution >= 0.6 is 23.2 Å². The average Bonchev–Trinajstić information content (AvgIpc) is 3.40. The maximum atomic E-state index is 15.2. The molecule has 0 fully saturated rings. The summed E-state index contributed by atoms with van der Waals surface area (Å²) in [5, 5.41) is 1.61. The van der Waals surface area contributed by atoms with Gasteiger partial charge in [0.2, 0.25) is 0 Å². The van der Waals surface area contributed by atoms with Crippen LogP contribution in [0.25, 0.3) is 11.1 Å². The average molecular weight is 863 g/mol. The molecule has 0 saturated heterocycles. The largest absolute Gasteiger partial charge is 0.458 e. The number of halogens is 2. The first-order valence-corrected chi connectivity index (χ1v) is 22.7. The number of carbonyl (C=O) groups excluding carboxylic acids is 2. The van der Waals surface area contributed by atoms with Gasteiger partial charge in [-0.2, -0.15) is 13.5 Å². The smallest absolute Gasteiger partial charge is 0.335 e. The Labute approximate surface area is 355 Å². The van der Waals surface area contributed by atoms with Crippen LogP contribution in [0.5, 0.6) is 11.5 Å². The fraction of sp³-hybridized carbons (Fsp3) is 0.467. The minimum Gasteiger partial charge on any atom is -0.458 e. The van der Waals surface area contributed by atoms with Crippen LogP contribution in [0.15, 0.2) is 36.4 Å². The third-order valence-electron chi connectivity index (χ3n) is 12.6. The number of anilines is 2. The number of amides is 1. The number of rotatable bonds is 6. The molecule has 6 aliphatic rings. The Morgan fingerprint density at radius 1 is 0.881 bits per heavy atom. The normalized spacial score (nSPS) is 21.8. The van der Waals surface area contributed by atoms with Gasteiger partial charge in [-0.3, -0.25) is 14.2 Å². The van der Waals surface area contributed by atoms with Gasteiger partial charge in [0.1, 0.15) is 22.9 Å². The SMILES string of the molecule is CCC1=CC(C)(C)N2CCCc3c4c(cc1c32)C1(c2cc3c5c(c2O4)CCCN5C(C)(C)C=C3CS(=O)(=O)O)c2c(Cl)ccc(Cl)c2C(=O)N1OCC(=O)OC(C)(C)C. The number of allylic oxidation sites excluding steroid dienone is 1. The highest BCUT2D eigenvalue weighted by Crippen LogP contribution is 2.65. The van der Waals surface area contributed by atoms with Crippen molar-refractivity contribution in [3.63, 3.8) is 0 Å². The van der Waals surface area contributed by atoms with E-state index in [4.69, 9.17) is 37.5 Å². The molecule has 0 bridgehead atoms. The second kappa shape index (κ2) is 13.2. The molecule has 6 heterocycles. The molecule has 1 spiro atoms. The van der Waals surface area contributed by atoms with Crippen molar-refractivity contribution in [2.75, 3.05) is 35.2 Å². The van der Waals surface area contributed by atoms with Crippen molar-refractivity contribution in [2.45, 2.75) is 110 Å². The molecule has 1 N–H and O–H groups in total. The molecule has 59 heavy (non-hydrogen) atoms. The summed E-state index contributed by atoms with van der Waals surface area (Å²) in [5.41, 5.74) is 4.95. The molecule has 1 atom stereocenters. The zero-order chi connectivity index (χ0) is 42.4. The molecule has 14 heteroatoms. The summed E-state index contributed by atoms with van der Waals surface area (Å²) in [4.78, 5) is 39.9. The lowest BCUT2D eigenvalue weighted by Gasteiger charge is -2.51. The number of hydrogen-bond acceptors (Lipinski definition) is 9. The van der Waals surface area contributed by atoms with E-state index in [1.165, 1.54) is 5.06 Å². The summed E-state index contributed by atoms with van der Waals surface area (Å²) in [6.07, 6.45) is 7.83. The van der Waals surface area contributed by atoms with Gasteiger partial charge in [0.15, 0.2) is 12.1 Å². The van der Waals surface area contributed by atoms with Crippen LogP contribution in [0.4, 0.5) is 11.4 Å². The minimum atomic E-state index is -4.49. The molecule has 312 valence electrons. The Hall–Kier alpha value is -4.07. The molecule has 9 rings (SSSR count). The van der Waals surface area contributed by atoms with E-state index in [9.17, 15) is 17.8 Å². The monoisotopic (exact) mass is 861 g/mol. The fourth-order valence-electron chi connectivity index (χ4n) is 10.6. The first-order chi connectivity index (χ1) is 27.6. The van der Waals surface area contributed by atoms with Gasteiger partial charge in [-0.25, -0.2) is 4.79 Å². The quantitative estimate of drug-likeness (QED) is 0.189. The maximum absolute atomic E-state index is 15.2. The lowest BCUT2D eigenvalue weighted by Crippen LogP contribution is -2.51. The topological polar surface area (TPSA) is 126 Å². The lowest BCUT2D eigenvalue weighted by atomic mass is 9.70. The summed E-state index contributed by atoms with van der Waals surface area (Å²) >= 11 is 14.4. The van der Waals surface area contributed by atoms with E-state index in [0.717, 1.165) is 59.4 Å². The molecule has 1 unspecified atom stereocenters. The molecule has 3 aromatic carbocycles. The van der Waals surface area contributed by atoms with Gasteiger partial charge >= 0.3 is 5.97 Å². The molecule has 0 saturated carbocycles. The van der Waals surface area contributed by atoms with E-state index in [-0.39, 0.29) is 21.1 Å². The molecular formula is C45H49Cl2N3O8S. The van der Waals surface area contributed by atoms with E-state index < -0.39 is 51.0 Å². The summed E-state index contributed by atoms with van der Waals surface area (Å²) in [5.74, 6) is -0.851. The molecule has 0 aromatic heterocycles. The summed E-state index contributed by atoms with van der Waals surface area (Å²) in [6.45, 7) is 16.8. The highest BCUT2D eigenvalue weighted by atomic mass is 35.5. The molecule has 11 nitrogen and oxygen atoms in total. The summed E-state index contributed by atoms with van der Waals surface area (Å²) < 4.78 is 48.8. The number of ether oxygens (including phenoxy) is 2. The van der Waals surface area contributed by atoms with Gasteiger partial charge in [-0.05, 0) is 116 Å². The summed E-state index contributed by atoms with van der Waals surface area (Å²) in [7, 11) is -4.49. The van der Waals surface area contributed by atoms with E-state index in [1.807, 2.05) is 26.0 Å². The van der Waals surface area contributed by atoms with Crippen molar-refractivity contribution in [2.24, 2.45) is 0 Å². The molecule has 3 aromatic rings. The first kappa shape index (κ1) is 40.3. The van der Waals surface area contributed by atoms with Gasteiger partial charge in [0.05, 0.1) is 33.0 Å². The Kier molecular flexibility index (Phi) is 9.04.